The molecule has 2 nitrogen and oxygen atoms in total. The Bertz CT molecular complexity index is 337. The first-order valence-electron chi connectivity index (χ1n) is 7.44. The molecule has 18 heavy (non-hydrogen) atoms. The van der Waals surface area contributed by atoms with E-state index in [1.54, 1.807) is 0 Å². The molecule has 3 heteroatoms. The van der Waals surface area contributed by atoms with Crippen LogP contribution in [0.1, 0.15) is 58.8 Å². The molecule has 0 saturated carbocycles. The van der Waals surface area contributed by atoms with Crippen molar-refractivity contribution in [1.29, 1.82) is 0 Å². The molecule has 0 N–H and O–H groups in total. The molecule has 1 atom stereocenters. The van der Waals surface area contributed by atoms with Crippen molar-refractivity contribution in [3.8, 4) is 0 Å². The number of unbranched alkanes of at least 4 members (excludes halogenated alkanes) is 1. The maximum absolute atomic E-state index is 12.5. The van der Waals surface area contributed by atoms with E-state index in [1.807, 2.05) is 11.8 Å². The van der Waals surface area contributed by atoms with Crippen LogP contribution in [0.15, 0.2) is 11.1 Å². The molecule has 0 aromatic carbocycles. The highest BCUT2D eigenvalue weighted by molar-refractivity contribution is 8.00. The zero-order chi connectivity index (χ0) is 13.0. The lowest BCUT2D eigenvalue weighted by Crippen LogP contribution is -2.34. The van der Waals surface area contributed by atoms with Gasteiger partial charge in [0.05, 0.1) is 0 Å². The predicted octanol–water partition coefficient (Wildman–Crippen LogP) is 3.97. The Morgan fingerprint density at radius 3 is 2.72 bits per heavy atom. The van der Waals surface area contributed by atoms with Crippen LogP contribution in [0.5, 0.6) is 0 Å². The van der Waals surface area contributed by atoms with Crippen LogP contribution in [0.25, 0.3) is 0 Å². The average molecular weight is 267 g/mol. The summed E-state index contributed by atoms with van der Waals surface area (Å²) in [5.41, 5.74) is 2.65. The van der Waals surface area contributed by atoms with E-state index in [4.69, 9.17) is 0 Å². The van der Waals surface area contributed by atoms with Crippen molar-refractivity contribution >= 4 is 17.7 Å². The summed E-state index contributed by atoms with van der Waals surface area (Å²) in [5.74, 6) is 1.52. The molecule has 0 bridgehead atoms. The fourth-order valence-electron chi connectivity index (χ4n) is 2.88. The topological polar surface area (TPSA) is 20.3 Å². The lowest BCUT2D eigenvalue weighted by Gasteiger charge is -2.26. The summed E-state index contributed by atoms with van der Waals surface area (Å²) in [4.78, 5) is 14.6. The van der Waals surface area contributed by atoms with Crippen LogP contribution in [0.3, 0.4) is 0 Å². The van der Waals surface area contributed by atoms with Crippen LogP contribution in [0, 0.1) is 0 Å². The van der Waals surface area contributed by atoms with E-state index in [1.165, 1.54) is 36.8 Å². The Morgan fingerprint density at radius 1 is 1.22 bits per heavy atom. The molecule has 0 aromatic rings. The summed E-state index contributed by atoms with van der Waals surface area (Å²) >= 11 is 1.98. The highest BCUT2D eigenvalue weighted by atomic mass is 32.2. The zero-order valence-corrected chi connectivity index (χ0v) is 12.5. The zero-order valence-electron chi connectivity index (χ0n) is 11.7. The highest BCUT2D eigenvalue weighted by Crippen LogP contribution is 2.41. The molecule has 1 aliphatic heterocycles. The van der Waals surface area contributed by atoms with E-state index in [9.17, 15) is 4.79 Å². The smallest absolute Gasteiger partial charge is 0.250 e. The van der Waals surface area contributed by atoms with Gasteiger partial charge in [0.25, 0.3) is 5.91 Å². The normalized spacial score (nSPS) is 23.8. The van der Waals surface area contributed by atoms with Gasteiger partial charge < -0.3 is 4.90 Å². The Hall–Kier alpha value is -0.440. The number of thioether (sulfide) groups is 1. The fourth-order valence-corrected chi connectivity index (χ4v) is 4.18. The van der Waals surface area contributed by atoms with Gasteiger partial charge in [-0.25, -0.2) is 0 Å². The lowest BCUT2D eigenvalue weighted by molar-refractivity contribution is -0.126. The number of carbonyl (C=O) groups is 1. The largest absolute Gasteiger partial charge is 0.323 e. The standard InChI is InChI=1S/C15H25NOS/c1-3-5-10-16-14(17)12-8-6-7-9-13(12)15(16)18-11-4-2/h15H,3-11H2,1-2H3/t15-/m0/s1. The second-order valence-electron chi connectivity index (χ2n) is 5.29. The summed E-state index contributed by atoms with van der Waals surface area (Å²) < 4.78 is 0. The van der Waals surface area contributed by atoms with Gasteiger partial charge >= 0.3 is 0 Å². The van der Waals surface area contributed by atoms with E-state index in [-0.39, 0.29) is 0 Å². The van der Waals surface area contributed by atoms with Gasteiger partial charge in [-0.05, 0) is 49.9 Å². The molecular weight excluding hydrogens is 242 g/mol. The first-order chi connectivity index (χ1) is 8.79. The molecule has 1 aliphatic carbocycles. The van der Waals surface area contributed by atoms with E-state index in [0.717, 1.165) is 31.6 Å². The molecular formula is C15H25NOS. The van der Waals surface area contributed by atoms with Crippen molar-refractivity contribution in [2.75, 3.05) is 12.3 Å². The van der Waals surface area contributed by atoms with Crippen molar-refractivity contribution in [3.05, 3.63) is 11.1 Å². The van der Waals surface area contributed by atoms with Crippen molar-refractivity contribution < 1.29 is 4.79 Å². The van der Waals surface area contributed by atoms with E-state index >= 15 is 0 Å². The van der Waals surface area contributed by atoms with Crippen LogP contribution in [0.2, 0.25) is 0 Å². The second kappa shape index (κ2) is 6.65. The van der Waals surface area contributed by atoms with Crippen LogP contribution in [-0.4, -0.2) is 28.5 Å². The number of hydrogen-bond donors (Lipinski definition) is 0. The quantitative estimate of drug-likeness (QED) is 0.726. The molecule has 1 amide bonds. The maximum atomic E-state index is 12.5. The Labute approximate surface area is 115 Å². The van der Waals surface area contributed by atoms with Gasteiger partial charge in [0, 0.05) is 12.1 Å². The Balaban J connectivity index is 2.12. The number of carbonyl (C=O) groups excluding carboxylic acids is 1. The van der Waals surface area contributed by atoms with Crippen molar-refractivity contribution in [2.45, 2.75) is 64.2 Å². The van der Waals surface area contributed by atoms with Crippen LogP contribution < -0.4 is 0 Å². The fraction of sp³-hybridized carbons (Fsp3) is 0.800. The molecule has 2 aliphatic rings. The van der Waals surface area contributed by atoms with Gasteiger partial charge in [-0.1, -0.05) is 20.3 Å². The van der Waals surface area contributed by atoms with Crippen molar-refractivity contribution in [1.82, 2.24) is 4.90 Å². The van der Waals surface area contributed by atoms with Crippen molar-refractivity contribution in [3.63, 3.8) is 0 Å². The van der Waals surface area contributed by atoms with Gasteiger partial charge in [0.2, 0.25) is 0 Å². The van der Waals surface area contributed by atoms with E-state index < -0.39 is 0 Å². The van der Waals surface area contributed by atoms with Crippen LogP contribution in [-0.2, 0) is 4.79 Å². The summed E-state index contributed by atoms with van der Waals surface area (Å²) in [6.45, 7) is 5.36. The molecule has 2 rings (SSSR count). The summed E-state index contributed by atoms with van der Waals surface area (Å²) in [5, 5.41) is 0.374. The summed E-state index contributed by atoms with van der Waals surface area (Å²) in [6.07, 6.45) is 8.16. The average Bonchev–Trinajstić information content (AvgIpc) is 2.67. The first-order valence-corrected chi connectivity index (χ1v) is 8.49. The lowest BCUT2D eigenvalue weighted by atomic mass is 9.94. The first kappa shape index (κ1) is 14.0. The minimum atomic E-state index is 0.353. The molecule has 102 valence electrons. The summed E-state index contributed by atoms with van der Waals surface area (Å²) in [6, 6.07) is 0. The van der Waals surface area contributed by atoms with Gasteiger partial charge in [0.1, 0.15) is 5.37 Å². The maximum Gasteiger partial charge on any atom is 0.250 e. The molecule has 1 heterocycles. The molecule has 0 radical (unpaired) electrons. The van der Waals surface area contributed by atoms with Gasteiger partial charge in [-0.3, -0.25) is 4.79 Å². The number of nitrogens with zero attached hydrogens (tertiary/aromatic N) is 1. The predicted molar refractivity (Wildman–Crippen MR) is 78.7 cm³/mol. The van der Waals surface area contributed by atoms with E-state index in [2.05, 4.69) is 18.7 Å². The monoisotopic (exact) mass is 267 g/mol. The number of rotatable bonds is 6. The molecule has 0 spiro atoms. The third kappa shape index (κ3) is 2.76. The van der Waals surface area contributed by atoms with Gasteiger partial charge in [-0.15, -0.1) is 11.8 Å². The molecule has 0 saturated heterocycles. The minimum Gasteiger partial charge on any atom is -0.323 e. The molecule has 0 unspecified atom stereocenters. The van der Waals surface area contributed by atoms with Crippen LogP contribution >= 0.6 is 11.8 Å². The number of hydrogen-bond acceptors (Lipinski definition) is 2. The number of amides is 1. The van der Waals surface area contributed by atoms with Crippen molar-refractivity contribution in [2.24, 2.45) is 0 Å². The van der Waals surface area contributed by atoms with Gasteiger partial charge in [-0.2, -0.15) is 0 Å². The summed E-state index contributed by atoms with van der Waals surface area (Å²) in [7, 11) is 0. The minimum absolute atomic E-state index is 0.353. The van der Waals surface area contributed by atoms with Gasteiger partial charge in [0.15, 0.2) is 0 Å². The molecule has 0 aromatic heterocycles. The third-order valence-corrected chi connectivity index (χ3v) is 5.34. The SMILES string of the molecule is CCCCN1C(=O)C2=C(CCCC2)[C@@H]1SCCC. The van der Waals surface area contributed by atoms with Crippen LogP contribution in [0.4, 0.5) is 0 Å². The Kier molecular flexibility index (Phi) is 5.16. The second-order valence-corrected chi connectivity index (χ2v) is 6.47. The Morgan fingerprint density at radius 2 is 2.00 bits per heavy atom. The highest BCUT2D eigenvalue weighted by Gasteiger charge is 2.39. The van der Waals surface area contributed by atoms with E-state index in [0.29, 0.717) is 11.3 Å². The third-order valence-electron chi connectivity index (χ3n) is 3.84. The molecule has 0 fully saturated rings.